The van der Waals surface area contributed by atoms with Crippen molar-refractivity contribution in [2.45, 2.75) is 13.0 Å². The highest BCUT2D eigenvalue weighted by Crippen LogP contribution is 2.17. The van der Waals surface area contributed by atoms with E-state index >= 15 is 0 Å². The maximum atomic E-state index is 11.8. The summed E-state index contributed by atoms with van der Waals surface area (Å²) in [5.74, 6) is 0.756. The summed E-state index contributed by atoms with van der Waals surface area (Å²) >= 11 is 1.60. The van der Waals surface area contributed by atoms with Gasteiger partial charge >= 0.3 is 0 Å². The van der Waals surface area contributed by atoms with Crippen LogP contribution in [0.15, 0.2) is 58.0 Å². The minimum atomic E-state index is 0.0171. The third kappa shape index (κ3) is 3.58. The molecule has 4 nitrogen and oxygen atoms in total. The first-order valence-corrected chi connectivity index (χ1v) is 7.52. The van der Waals surface area contributed by atoms with Crippen LogP contribution in [-0.4, -0.2) is 10.9 Å². The van der Waals surface area contributed by atoms with Crippen LogP contribution in [-0.2, 0) is 17.8 Å². The van der Waals surface area contributed by atoms with Crippen molar-refractivity contribution in [3.63, 3.8) is 0 Å². The largest absolute Gasteiger partial charge is 0.463 e. The Bertz CT molecular complexity index is 688. The Kier molecular flexibility index (Phi) is 4.12. The second-order valence-corrected chi connectivity index (χ2v) is 5.39. The van der Waals surface area contributed by atoms with Gasteiger partial charge in [0, 0.05) is 12.7 Å². The Balaban J connectivity index is 1.55. The lowest BCUT2D eigenvalue weighted by Gasteiger charge is -2.05. The fraction of sp³-hybridized carbons (Fsp3) is 0.125. The molecule has 0 saturated carbocycles. The van der Waals surface area contributed by atoms with Gasteiger partial charge in [0.1, 0.15) is 5.69 Å². The van der Waals surface area contributed by atoms with Crippen LogP contribution in [0.3, 0.4) is 0 Å². The molecule has 0 saturated heterocycles. The minimum Gasteiger partial charge on any atom is -0.463 e. The smallest absolute Gasteiger partial charge is 0.224 e. The predicted molar refractivity (Wildman–Crippen MR) is 81.8 cm³/mol. The van der Waals surface area contributed by atoms with Gasteiger partial charge in [-0.25, -0.2) is 0 Å². The lowest BCUT2D eigenvalue weighted by atomic mass is 10.2. The van der Waals surface area contributed by atoms with E-state index in [1.54, 1.807) is 23.8 Å². The SMILES string of the molecule is O=C(Cc1ccsc1)NCc1ccc(-c2ccco2)nc1. The second kappa shape index (κ2) is 6.37. The van der Waals surface area contributed by atoms with E-state index in [0.717, 1.165) is 22.6 Å². The average Bonchev–Trinajstić information content (AvgIpc) is 3.19. The molecule has 3 aromatic heterocycles. The average molecular weight is 298 g/mol. The Labute approximate surface area is 126 Å². The Morgan fingerprint density at radius 2 is 2.19 bits per heavy atom. The molecule has 0 unspecified atom stereocenters. The number of carbonyl (C=O) groups excluding carboxylic acids is 1. The van der Waals surface area contributed by atoms with Gasteiger partial charge in [-0.1, -0.05) is 6.07 Å². The van der Waals surface area contributed by atoms with Gasteiger partial charge in [-0.3, -0.25) is 9.78 Å². The molecule has 3 aromatic rings. The number of hydrogen-bond acceptors (Lipinski definition) is 4. The third-order valence-electron chi connectivity index (χ3n) is 3.03. The highest BCUT2D eigenvalue weighted by atomic mass is 32.1. The Morgan fingerprint density at radius 3 is 2.86 bits per heavy atom. The van der Waals surface area contributed by atoms with Crippen molar-refractivity contribution >= 4 is 17.2 Å². The maximum Gasteiger partial charge on any atom is 0.224 e. The number of rotatable bonds is 5. The van der Waals surface area contributed by atoms with Gasteiger partial charge in [0.2, 0.25) is 5.91 Å². The Morgan fingerprint density at radius 1 is 1.24 bits per heavy atom. The summed E-state index contributed by atoms with van der Waals surface area (Å²) in [5.41, 5.74) is 2.79. The molecule has 3 heterocycles. The zero-order valence-electron chi connectivity index (χ0n) is 11.3. The number of carbonyl (C=O) groups is 1. The van der Waals surface area contributed by atoms with Crippen molar-refractivity contribution in [3.8, 4) is 11.5 Å². The van der Waals surface area contributed by atoms with Crippen LogP contribution in [0.25, 0.3) is 11.5 Å². The quantitative estimate of drug-likeness (QED) is 0.786. The van der Waals surface area contributed by atoms with E-state index in [4.69, 9.17) is 4.42 Å². The summed E-state index contributed by atoms with van der Waals surface area (Å²) in [4.78, 5) is 16.1. The number of pyridine rings is 1. The summed E-state index contributed by atoms with van der Waals surface area (Å²) in [6, 6.07) is 9.49. The Hall–Kier alpha value is -2.40. The molecule has 5 heteroatoms. The summed E-state index contributed by atoms with van der Waals surface area (Å²) in [7, 11) is 0. The van der Waals surface area contributed by atoms with Crippen LogP contribution in [0.1, 0.15) is 11.1 Å². The minimum absolute atomic E-state index is 0.0171. The van der Waals surface area contributed by atoms with Crippen molar-refractivity contribution in [1.29, 1.82) is 0 Å². The normalized spacial score (nSPS) is 10.5. The van der Waals surface area contributed by atoms with Gasteiger partial charge in [0.05, 0.1) is 12.7 Å². The first-order chi connectivity index (χ1) is 10.3. The molecule has 0 fully saturated rings. The van der Waals surface area contributed by atoms with Crippen molar-refractivity contribution in [2.24, 2.45) is 0 Å². The van der Waals surface area contributed by atoms with Gasteiger partial charge in [0.15, 0.2) is 5.76 Å². The summed E-state index contributed by atoms with van der Waals surface area (Å²) in [5, 5.41) is 6.85. The number of hydrogen-bond donors (Lipinski definition) is 1. The highest BCUT2D eigenvalue weighted by molar-refractivity contribution is 7.07. The summed E-state index contributed by atoms with van der Waals surface area (Å²) in [6.07, 6.45) is 3.79. The number of furan rings is 1. The van der Waals surface area contributed by atoms with Gasteiger partial charge in [-0.15, -0.1) is 0 Å². The molecule has 0 aromatic carbocycles. The van der Waals surface area contributed by atoms with Crippen LogP contribution >= 0.6 is 11.3 Å². The zero-order chi connectivity index (χ0) is 14.5. The summed E-state index contributed by atoms with van der Waals surface area (Å²) in [6.45, 7) is 0.481. The van der Waals surface area contributed by atoms with E-state index < -0.39 is 0 Å². The number of amides is 1. The van der Waals surface area contributed by atoms with Gasteiger partial charge < -0.3 is 9.73 Å². The summed E-state index contributed by atoms with van der Waals surface area (Å²) < 4.78 is 5.29. The molecule has 21 heavy (non-hydrogen) atoms. The zero-order valence-corrected chi connectivity index (χ0v) is 12.1. The third-order valence-corrected chi connectivity index (χ3v) is 3.76. The highest BCUT2D eigenvalue weighted by Gasteiger charge is 2.05. The topological polar surface area (TPSA) is 55.1 Å². The molecule has 0 atom stereocenters. The van der Waals surface area contributed by atoms with Gasteiger partial charge in [-0.2, -0.15) is 11.3 Å². The maximum absolute atomic E-state index is 11.8. The van der Waals surface area contributed by atoms with Crippen LogP contribution in [0.5, 0.6) is 0 Å². The monoisotopic (exact) mass is 298 g/mol. The fourth-order valence-electron chi connectivity index (χ4n) is 1.94. The molecule has 106 valence electrons. The molecule has 0 radical (unpaired) electrons. The lowest BCUT2D eigenvalue weighted by Crippen LogP contribution is -2.24. The van der Waals surface area contributed by atoms with Crippen molar-refractivity contribution in [3.05, 3.63) is 64.7 Å². The molecule has 0 spiro atoms. The van der Waals surface area contributed by atoms with Gasteiger partial charge in [-0.05, 0) is 46.2 Å². The van der Waals surface area contributed by atoms with Crippen LogP contribution < -0.4 is 5.32 Å². The van der Waals surface area contributed by atoms with Crippen molar-refractivity contribution < 1.29 is 9.21 Å². The first-order valence-electron chi connectivity index (χ1n) is 6.58. The molecule has 1 N–H and O–H groups in total. The van der Waals surface area contributed by atoms with E-state index in [9.17, 15) is 4.79 Å². The second-order valence-electron chi connectivity index (χ2n) is 4.61. The van der Waals surface area contributed by atoms with E-state index in [0.29, 0.717) is 13.0 Å². The van der Waals surface area contributed by atoms with Crippen LogP contribution in [0.2, 0.25) is 0 Å². The molecule has 0 aliphatic carbocycles. The number of aromatic nitrogens is 1. The number of nitrogens with zero attached hydrogens (tertiary/aromatic N) is 1. The molecule has 0 bridgehead atoms. The van der Waals surface area contributed by atoms with Crippen molar-refractivity contribution in [1.82, 2.24) is 10.3 Å². The number of nitrogens with one attached hydrogen (secondary N) is 1. The molecule has 1 amide bonds. The number of thiophene rings is 1. The molecular formula is C16H14N2O2S. The van der Waals surface area contributed by atoms with E-state index in [1.807, 2.05) is 41.1 Å². The molecular weight excluding hydrogens is 284 g/mol. The van der Waals surface area contributed by atoms with E-state index in [2.05, 4.69) is 10.3 Å². The molecule has 0 aliphatic heterocycles. The molecule has 0 aliphatic rings. The van der Waals surface area contributed by atoms with Gasteiger partial charge in [0.25, 0.3) is 0 Å². The fourth-order valence-corrected chi connectivity index (χ4v) is 2.61. The lowest BCUT2D eigenvalue weighted by molar-refractivity contribution is -0.120. The van der Waals surface area contributed by atoms with Crippen LogP contribution in [0, 0.1) is 0 Å². The standard InChI is InChI=1S/C16H14N2O2S/c19-16(8-12-5-7-21-11-12)18-10-13-3-4-14(17-9-13)15-2-1-6-20-15/h1-7,9,11H,8,10H2,(H,18,19). The van der Waals surface area contributed by atoms with Crippen LogP contribution in [0.4, 0.5) is 0 Å². The van der Waals surface area contributed by atoms with Crippen molar-refractivity contribution in [2.75, 3.05) is 0 Å². The first kappa shape index (κ1) is 13.6. The van der Waals surface area contributed by atoms with E-state index in [1.165, 1.54) is 0 Å². The van der Waals surface area contributed by atoms with E-state index in [-0.39, 0.29) is 5.91 Å². The predicted octanol–water partition coefficient (Wildman–Crippen LogP) is 3.26. The molecule has 3 rings (SSSR count).